The molecule has 5 heteroatoms. The van der Waals surface area contributed by atoms with Crippen LogP contribution in [0.15, 0.2) is 30.3 Å². The molecule has 0 radical (unpaired) electrons. The summed E-state index contributed by atoms with van der Waals surface area (Å²) in [4.78, 5) is 10.4. The van der Waals surface area contributed by atoms with E-state index in [1.54, 1.807) is 4.57 Å². The normalized spacial score (nSPS) is 11.2. The molecule has 0 aliphatic carbocycles. The van der Waals surface area contributed by atoms with E-state index in [2.05, 4.69) is 0 Å². The molecule has 0 fully saturated rings. The van der Waals surface area contributed by atoms with Crippen LogP contribution < -0.4 is 0 Å². The van der Waals surface area contributed by atoms with E-state index in [0.29, 0.717) is 3.95 Å². The Morgan fingerprint density at radius 3 is 2.93 bits per heavy atom. The fourth-order valence-electron chi connectivity index (χ4n) is 1.26. The molecule has 0 unspecified atom stereocenters. The summed E-state index contributed by atoms with van der Waals surface area (Å²) in [5.41, 5.74) is 0.935. The van der Waals surface area contributed by atoms with Gasteiger partial charge in [0.15, 0.2) is 3.95 Å². The van der Waals surface area contributed by atoms with Gasteiger partial charge in [0.2, 0.25) is 0 Å². The largest absolute Gasteiger partial charge is 0.478 e. The third kappa shape index (κ3) is 1.98. The zero-order valence-corrected chi connectivity index (χ0v) is 9.22. The second-order valence-corrected chi connectivity index (χ2v) is 4.54. The van der Waals surface area contributed by atoms with E-state index in [-0.39, 0.29) is 0 Å². The minimum absolute atomic E-state index is 0.647. The number of nitrogens with zero attached hydrogens (tertiary/aromatic N) is 1. The van der Waals surface area contributed by atoms with Gasteiger partial charge >= 0.3 is 5.97 Å². The number of fused-ring (bicyclic) bond motifs is 1. The van der Waals surface area contributed by atoms with E-state index < -0.39 is 5.97 Å². The Hall–Kier alpha value is -1.46. The molecular weight excluding hydrogens is 230 g/mol. The lowest BCUT2D eigenvalue weighted by molar-refractivity contribution is -0.131. The van der Waals surface area contributed by atoms with Crippen LogP contribution in [0.25, 0.3) is 16.4 Å². The second kappa shape index (κ2) is 3.96. The highest BCUT2D eigenvalue weighted by Gasteiger charge is 2.01. The van der Waals surface area contributed by atoms with Crippen molar-refractivity contribution in [3.8, 4) is 0 Å². The first kappa shape index (κ1) is 10.1. The Kier molecular flexibility index (Phi) is 2.66. The lowest BCUT2D eigenvalue weighted by atomic mass is 10.3. The van der Waals surface area contributed by atoms with Crippen molar-refractivity contribution in [1.82, 2.24) is 4.57 Å². The Balaban J connectivity index is 2.64. The summed E-state index contributed by atoms with van der Waals surface area (Å²) in [6, 6.07) is 7.70. The number of hydrogen-bond donors (Lipinski definition) is 1. The van der Waals surface area contributed by atoms with Gasteiger partial charge in [-0.1, -0.05) is 12.1 Å². The molecule has 0 saturated heterocycles. The number of thiazole rings is 1. The van der Waals surface area contributed by atoms with Crippen molar-refractivity contribution in [2.24, 2.45) is 0 Å². The van der Waals surface area contributed by atoms with Crippen LogP contribution in [-0.4, -0.2) is 15.6 Å². The summed E-state index contributed by atoms with van der Waals surface area (Å²) in [5, 5.41) is 8.54. The first-order valence-corrected chi connectivity index (χ1v) is 5.42. The number of benzene rings is 1. The van der Waals surface area contributed by atoms with E-state index in [9.17, 15) is 4.79 Å². The monoisotopic (exact) mass is 237 g/mol. The molecule has 0 spiro atoms. The number of para-hydroxylation sites is 1. The average molecular weight is 237 g/mol. The summed E-state index contributed by atoms with van der Waals surface area (Å²) < 4.78 is 3.40. The standard InChI is InChI=1S/C10H7NO2S2/c12-9(13)5-6-11-7-3-1-2-4-8(7)15-10(11)14/h1-6H,(H,12,13)/b6-5+. The van der Waals surface area contributed by atoms with Crippen LogP contribution in [0, 0.1) is 3.95 Å². The lowest BCUT2D eigenvalue weighted by Gasteiger charge is -1.94. The van der Waals surface area contributed by atoms with E-state index in [1.165, 1.54) is 17.5 Å². The van der Waals surface area contributed by atoms with Crippen molar-refractivity contribution in [3.63, 3.8) is 0 Å². The zero-order valence-electron chi connectivity index (χ0n) is 7.58. The number of carboxylic acid groups (broad SMARTS) is 1. The molecule has 0 bridgehead atoms. The van der Waals surface area contributed by atoms with Crippen LogP contribution in [0.5, 0.6) is 0 Å². The van der Waals surface area contributed by atoms with Gasteiger partial charge in [-0.25, -0.2) is 4.79 Å². The van der Waals surface area contributed by atoms with Crippen molar-refractivity contribution in [2.75, 3.05) is 0 Å². The third-order valence-corrected chi connectivity index (χ3v) is 3.27. The van der Waals surface area contributed by atoms with E-state index in [4.69, 9.17) is 17.3 Å². The van der Waals surface area contributed by atoms with Crippen molar-refractivity contribution in [2.45, 2.75) is 0 Å². The van der Waals surface area contributed by atoms with Gasteiger partial charge in [-0.2, -0.15) is 0 Å². The molecule has 1 heterocycles. The van der Waals surface area contributed by atoms with E-state index >= 15 is 0 Å². The maximum Gasteiger partial charge on any atom is 0.329 e. The van der Waals surface area contributed by atoms with Crippen LogP contribution in [-0.2, 0) is 4.79 Å². The number of carbonyl (C=O) groups is 1. The quantitative estimate of drug-likeness (QED) is 0.645. The Bertz CT molecular complexity index is 595. The van der Waals surface area contributed by atoms with Crippen LogP contribution in [0.4, 0.5) is 0 Å². The number of rotatable bonds is 2. The van der Waals surface area contributed by atoms with E-state index in [0.717, 1.165) is 16.3 Å². The minimum Gasteiger partial charge on any atom is -0.478 e. The summed E-state index contributed by atoms with van der Waals surface area (Å²) in [5.74, 6) is -0.979. The van der Waals surface area contributed by atoms with Crippen LogP contribution >= 0.6 is 23.6 Å². The predicted octanol–water partition coefficient (Wildman–Crippen LogP) is 2.99. The first-order chi connectivity index (χ1) is 7.18. The van der Waals surface area contributed by atoms with Crippen molar-refractivity contribution >= 4 is 45.9 Å². The Morgan fingerprint density at radius 1 is 1.47 bits per heavy atom. The van der Waals surface area contributed by atoms with Gasteiger partial charge in [-0.3, -0.25) is 4.57 Å². The van der Waals surface area contributed by atoms with Crippen LogP contribution in [0.2, 0.25) is 0 Å². The second-order valence-electron chi connectivity index (χ2n) is 2.86. The maximum atomic E-state index is 10.4. The topological polar surface area (TPSA) is 42.2 Å². The molecule has 1 aromatic carbocycles. The van der Waals surface area contributed by atoms with Gasteiger partial charge < -0.3 is 5.11 Å². The molecular formula is C10H7NO2S2. The fourth-order valence-corrected chi connectivity index (χ4v) is 2.56. The highest BCUT2D eigenvalue weighted by Crippen LogP contribution is 2.22. The fraction of sp³-hybridized carbons (Fsp3) is 0. The Morgan fingerprint density at radius 2 is 2.20 bits per heavy atom. The Labute approximate surface area is 94.9 Å². The van der Waals surface area contributed by atoms with Crippen LogP contribution in [0.3, 0.4) is 0 Å². The molecule has 0 saturated carbocycles. The summed E-state index contributed by atoms with van der Waals surface area (Å²) in [7, 11) is 0. The third-order valence-electron chi connectivity index (χ3n) is 1.88. The number of hydrogen-bond acceptors (Lipinski definition) is 3. The van der Waals surface area contributed by atoms with Gasteiger partial charge in [0.05, 0.1) is 10.2 Å². The average Bonchev–Trinajstić information content (AvgIpc) is 2.50. The summed E-state index contributed by atoms with van der Waals surface area (Å²) >= 11 is 6.61. The van der Waals surface area contributed by atoms with Gasteiger partial charge in [-0.15, -0.1) is 11.3 Å². The molecule has 76 valence electrons. The molecule has 0 atom stereocenters. The van der Waals surface area contributed by atoms with Crippen molar-refractivity contribution < 1.29 is 9.90 Å². The molecule has 3 nitrogen and oxygen atoms in total. The molecule has 1 N–H and O–H groups in total. The maximum absolute atomic E-state index is 10.4. The van der Waals surface area contributed by atoms with E-state index in [1.807, 2.05) is 24.3 Å². The highest BCUT2D eigenvalue weighted by molar-refractivity contribution is 7.73. The number of carboxylic acids is 1. The van der Waals surface area contributed by atoms with Gasteiger partial charge in [0.1, 0.15) is 0 Å². The molecule has 0 amide bonds. The minimum atomic E-state index is -0.979. The lowest BCUT2D eigenvalue weighted by Crippen LogP contribution is -1.90. The summed E-state index contributed by atoms with van der Waals surface area (Å²) in [6.45, 7) is 0. The van der Waals surface area contributed by atoms with Gasteiger partial charge in [0.25, 0.3) is 0 Å². The van der Waals surface area contributed by atoms with Crippen LogP contribution in [0.1, 0.15) is 0 Å². The molecule has 0 aliphatic heterocycles. The number of aromatic nitrogens is 1. The summed E-state index contributed by atoms with van der Waals surface area (Å²) in [6.07, 6.45) is 2.55. The first-order valence-electron chi connectivity index (χ1n) is 4.19. The molecule has 15 heavy (non-hydrogen) atoms. The van der Waals surface area contributed by atoms with Gasteiger partial charge in [-0.05, 0) is 24.4 Å². The predicted molar refractivity (Wildman–Crippen MR) is 63.6 cm³/mol. The smallest absolute Gasteiger partial charge is 0.329 e. The molecule has 0 aliphatic rings. The molecule has 2 aromatic rings. The number of aliphatic carboxylic acids is 1. The SMILES string of the molecule is O=C(O)/C=C/n1c(=S)sc2ccccc21. The molecule has 1 aromatic heterocycles. The van der Waals surface area contributed by atoms with Crippen molar-refractivity contribution in [1.29, 1.82) is 0 Å². The van der Waals surface area contributed by atoms with Gasteiger partial charge in [0, 0.05) is 12.3 Å². The van der Waals surface area contributed by atoms with Crippen molar-refractivity contribution in [3.05, 3.63) is 34.3 Å². The highest BCUT2D eigenvalue weighted by atomic mass is 32.1. The molecule has 2 rings (SSSR count). The zero-order chi connectivity index (χ0) is 10.8.